The summed E-state index contributed by atoms with van der Waals surface area (Å²) in [6.45, 7) is 3.38. The number of ether oxygens (including phenoxy) is 2. The van der Waals surface area contributed by atoms with Gasteiger partial charge in [0.05, 0.1) is 25.3 Å². The Balaban J connectivity index is 1.07. The summed E-state index contributed by atoms with van der Waals surface area (Å²) in [5, 5.41) is 12.3. The Labute approximate surface area is 257 Å². The molecule has 10 heteroatoms. The smallest absolute Gasteiger partial charge is 0.272 e. The van der Waals surface area contributed by atoms with Crippen molar-refractivity contribution in [1.29, 1.82) is 5.26 Å². The summed E-state index contributed by atoms with van der Waals surface area (Å²) in [5.74, 6) is 0.848. The number of pyridine rings is 1. The van der Waals surface area contributed by atoms with E-state index in [4.69, 9.17) is 9.47 Å². The molecule has 5 rings (SSSR count). The lowest BCUT2D eigenvalue weighted by Crippen LogP contribution is -2.44. The zero-order chi connectivity index (χ0) is 31.1. The SMILES string of the molecule is COc1ccc(C(=O)C2CCN(C(=O)c3ccc(C(=O)NC4CCN(Cc5ccc(C#N)c(OC)c5)CC4)cn3)CC2)cc1. The number of Topliss-reactive ketones (excluding diaryl/α,β-unsaturated/α-hetero) is 1. The van der Waals surface area contributed by atoms with Gasteiger partial charge in [0.25, 0.3) is 11.8 Å². The molecule has 2 amide bonds. The predicted molar refractivity (Wildman–Crippen MR) is 164 cm³/mol. The molecule has 0 spiro atoms. The van der Waals surface area contributed by atoms with Crippen molar-refractivity contribution in [2.75, 3.05) is 40.4 Å². The molecular weight excluding hydrogens is 558 g/mol. The molecule has 3 heterocycles. The van der Waals surface area contributed by atoms with E-state index in [-0.39, 0.29) is 35.3 Å². The molecule has 10 nitrogen and oxygen atoms in total. The van der Waals surface area contributed by atoms with Crippen LogP contribution < -0.4 is 14.8 Å². The third-order valence-electron chi connectivity index (χ3n) is 8.49. The highest BCUT2D eigenvalue weighted by Gasteiger charge is 2.29. The monoisotopic (exact) mass is 595 g/mol. The normalized spacial score (nSPS) is 16.2. The third-order valence-corrected chi connectivity index (χ3v) is 8.49. The Morgan fingerprint density at radius 2 is 1.61 bits per heavy atom. The van der Waals surface area contributed by atoms with E-state index in [1.54, 1.807) is 61.6 Å². The first-order chi connectivity index (χ1) is 21.4. The van der Waals surface area contributed by atoms with Gasteiger partial charge in [-0.25, -0.2) is 0 Å². The molecule has 0 unspecified atom stereocenters. The topological polar surface area (TPSA) is 125 Å². The lowest BCUT2D eigenvalue weighted by atomic mass is 9.88. The first kappa shape index (κ1) is 30.7. The Morgan fingerprint density at radius 3 is 2.23 bits per heavy atom. The molecule has 1 aromatic heterocycles. The highest BCUT2D eigenvalue weighted by molar-refractivity contribution is 5.99. The average molecular weight is 596 g/mol. The molecule has 0 aliphatic carbocycles. The third kappa shape index (κ3) is 7.24. The minimum atomic E-state index is -0.204. The van der Waals surface area contributed by atoms with Crippen molar-refractivity contribution in [3.05, 3.63) is 88.7 Å². The van der Waals surface area contributed by atoms with E-state index < -0.39 is 0 Å². The highest BCUT2D eigenvalue weighted by atomic mass is 16.5. The zero-order valence-electron chi connectivity index (χ0n) is 25.1. The number of aromatic nitrogens is 1. The number of hydrogen-bond donors (Lipinski definition) is 1. The average Bonchev–Trinajstić information content (AvgIpc) is 3.08. The maximum atomic E-state index is 13.1. The van der Waals surface area contributed by atoms with Crippen LogP contribution >= 0.6 is 0 Å². The van der Waals surface area contributed by atoms with Crippen LogP contribution in [0.2, 0.25) is 0 Å². The van der Waals surface area contributed by atoms with Crippen LogP contribution in [0.25, 0.3) is 0 Å². The number of ketones is 1. The van der Waals surface area contributed by atoms with Crippen LogP contribution in [0, 0.1) is 17.2 Å². The van der Waals surface area contributed by atoms with Crippen LogP contribution in [0.1, 0.15) is 68.0 Å². The van der Waals surface area contributed by atoms with Crippen LogP contribution in [0.15, 0.2) is 60.8 Å². The summed E-state index contributed by atoms with van der Waals surface area (Å²) in [6, 6.07) is 18.2. The quantitative estimate of drug-likeness (QED) is 0.367. The summed E-state index contributed by atoms with van der Waals surface area (Å²) in [7, 11) is 3.15. The number of carbonyl (C=O) groups is 3. The number of nitrogens with zero attached hydrogens (tertiary/aromatic N) is 4. The molecule has 2 aromatic carbocycles. The van der Waals surface area contributed by atoms with E-state index in [1.807, 2.05) is 12.1 Å². The number of nitriles is 1. The number of nitrogens with one attached hydrogen (secondary N) is 1. The van der Waals surface area contributed by atoms with E-state index >= 15 is 0 Å². The fraction of sp³-hybridized carbons (Fsp3) is 0.382. The second-order valence-electron chi connectivity index (χ2n) is 11.3. The van der Waals surface area contributed by atoms with Crippen molar-refractivity contribution in [3.63, 3.8) is 0 Å². The van der Waals surface area contributed by atoms with Crippen molar-refractivity contribution in [2.24, 2.45) is 5.92 Å². The molecule has 0 bridgehead atoms. The maximum absolute atomic E-state index is 13.1. The van der Waals surface area contributed by atoms with Crippen LogP contribution in [-0.4, -0.2) is 78.8 Å². The van der Waals surface area contributed by atoms with Crippen molar-refractivity contribution in [2.45, 2.75) is 38.3 Å². The van der Waals surface area contributed by atoms with Crippen molar-refractivity contribution in [1.82, 2.24) is 20.1 Å². The fourth-order valence-corrected chi connectivity index (χ4v) is 5.84. The van der Waals surface area contributed by atoms with E-state index in [0.29, 0.717) is 54.1 Å². The minimum Gasteiger partial charge on any atom is -0.497 e. The Hall–Kier alpha value is -4.75. The van der Waals surface area contributed by atoms with Gasteiger partial charge in [0, 0.05) is 56.4 Å². The first-order valence-electron chi connectivity index (χ1n) is 14.9. The van der Waals surface area contributed by atoms with E-state index in [9.17, 15) is 19.6 Å². The number of likely N-dealkylation sites (tertiary alicyclic amines) is 2. The molecule has 44 heavy (non-hydrogen) atoms. The van der Waals surface area contributed by atoms with Gasteiger partial charge in [-0.2, -0.15) is 5.26 Å². The molecule has 0 saturated carbocycles. The first-order valence-corrected chi connectivity index (χ1v) is 14.9. The van der Waals surface area contributed by atoms with Gasteiger partial charge in [-0.3, -0.25) is 24.3 Å². The summed E-state index contributed by atoms with van der Waals surface area (Å²) in [5.41, 5.74) is 2.95. The van der Waals surface area contributed by atoms with Gasteiger partial charge in [0.15, 0.2) is 5.78 Å². The summed E-state index contributed by atoms with van der Waals surface area (Å²) in [4.78, 5) is 47.3. The second kappa shape index (κ2) is 14.1. The standard InChI is InChI=1S/C34H37N5O5/c1-43-29-8-5-24(6-9-29)32(40)25-11-17-39(18-12-25)34(42)30-10-7-27(21-36-30)33(41)37-28-13-15-38(16-14-28)22-23-3-4-26(20-35)31(19-23)44-2/h3-10,19,21,25,28H,11-18,22H2,1-2H3,(H,37,41). The number of piperidine rings is 2. The van der Waals surface area contributed by atoms with Crippen LogP contribution in [-0.2, 0) is 6.54 Å². The van der Waals surface area contributed by atoms with Crippen molar-refractivity contribution >= 4 is 17.6 Å². The number of amides is 2. The number of hydrogen-bond acceptors (Lipinski definition) is 8. The lowest BCUT2D eigenvalue weighted by Gasteiger charge is -2.32. The Kier molecular flexibility index (Phi) is 9.87. The van der Waals surface area contributed by atoms with Gasteiger partial charge < -0.3 is 19.7 Å². The Bertz CT molecular complexity index is 1520. The van der Waals surface area contributed by atoms with Gasteiger partial charge >= 0.3 is 0 Å². The maximum Gasteiger partial charge on any atom is 0.272 e. The summed E-state index contributed by atoms with van der Waals surface area (Å²) < 4.78 is 10.5. The van der Waals surface area contributed by atoms with Crippen LogP contribution in [0.5, 0.6) is 11.5 Å². The van der Waals surface area contributed by atoms with Crippen molar-refractivity contribution < 1.29 is 23.9 Å². The molecule has 2 saturated heterocycles. The molecular formula is C34H37N5O5. The molecule has 0 radical (unpaired) electrons. The fourth-order valence-electron chi connectivity index (χ4n) is 5.84. The van der Waals surface area contributed by atoms with Gasteiger partial charge in [-0.05, 0) is 79.8 Å². The molecule has 0 atom stereocenters. The summed E-state index contributed by atoms with van der Waals surface area (Å²) >= 11 is 0. The highest BCUT2D eigenvalue weighted by Crippen LogP contribution is 2.25. The van der Waals surface area contributed by atoms with E-state index in [0.717, 1.165) is 38.0 Å². The predicted octanol–water partition coefficient (Wildman–Crippen LogP) is 4.10. The minimum absolute atomic E-state index is 0.0532. The molecule has 228 valence electrons. The Morgan fingerprint density at radius 1 is 0.909 bits per heavy atom. The zero-order valence-corrected chi connectivity index (χ0v) is 25.1. The van der Waals surface area contributed by atoms with Gasteiger partial charge in [0.1, 0.15) is 23.3 Å². The second-order valence-corrected chi connectivity index (χ2v) is 11.3. The number of methoxy groups -OCH3 is 2. The largest absolute Gasteiger partial charge is 0.497 e. The number of carbonyl (C=O) groups excluding carboxylic acids is 3. The van der Waals surface area contributed by atoms with Gasteiger partial charge in [-0.1, -0.05) is 6.07 Å². The van der Waals surface area contributed by atoms with Crippen molar-refractivity contribution in [3.8, 4) is 17.6 Å². The van der Waals surface area contributed by atoms with Crippen LogP contribution in [0.3, 0.4) is 0 Å². The summed E-state index contributed by atoms with van der Waals surface area (Å²) in [6.07, 6.45) is 4.28. The molecule has 3 aromatic rings. The molecule has 2 aliphatic rings. The molecule has 2 fully saturated rings. The molecule has 1 N–H and O–H groups in total. The lowest BCUT2D eigenvalue weighted by molar-refractivity contribution is 0.0645. The van der Waals surface area contributed by atoms with Gasteiger partial charge in [0.2, 0.25) is 0 Å². The van der Waals surface area contributed by atoms with E-state index in [1.165, 1.54) is 6.20 Å². The van der Waals surface area contributed by atoms with Gasteiger partial charge in [-0.15, -0.1) is 0 Å². The van der Waals surface area contributed by atoms with E-state index in [2.05, 4.69) is 21.3 Å². The number of benzene rings is 2. The molecule has 2 aliphatic heterocycles. The number of rotatable bonds is 9. The van der Waals surface area contributed by atoms with Crippen LogP contribution in [0.4, 0.5) is 0 Å².